The van der Waals surface area contributed by atoms with E-state index in [1.807, 2.05) is 99.0 Å². The van der Waals surface area contributed by atoms with Crippen molar-refractivity contribution in [1.82, 2.24) is 9.80 Å². The molecule has 0 aliphatic rings. The van der Waals surface area contributed by atoms with E-state index in [2.05, 4.69) is 20.4 Å². The Labute approximate surface area is 225 Å². The average molecular weight is 544 g/mol. The van der Waals surface area contributed by atoms with Crippen molar-refractivity contribution >= 4 is 47.0 Å². The molecule has 0 saturated heterocycles. The summed E-state index contributed by atoms with van der Waals surface area (Å²) >= 11 is 11.0. The summed E-state index contributed by atoms with van der Waals surface area (Å²) in [5, 5.41) is 18.8. The largest absolute Gasteiger partial charge is 2.00 e. The van der Waals surface area contributed by atoms with Gasteiger partial charge in [-0.2, -0.15) is 10.2 Å². The molecule has 6 nitrogen and oxygen atoms in total. The smallest absolute Gasteiger partial charge is 0.741 e. The molecule has 0 aliphatic carbocycles. The van der Waals surface area contributed by atoms with E-state index in [-0.39, 0.29) is 17.1 Å². The molecule has 2 aromatic rings. The van der Waals surface area contributed by atoms with Gasteiger partial charge < -0.3 is 35.1 Å². The van der Waals surface area contributed by atoms with Crippen LogP contribution < -0.4 is 0 Å². The second-order valence-electron chi connectivity index (χ2n) is 7.24. The van der Waals surface area contributed by atoms with Crippen molar-refractivity contribution in [2.24, 2.45) is 20.4 Å². The molecule has 0 amide bonds. The number of amidine groups is 2. The number of rotatable bonds is 9. The van der Waals surface area contributed by atoms with Crippen LogP contribution in [0.15, 0.2) is 75.0 Å². The number of hydrogen-bond acceptors (Lipinski definition) is 6. The molecule has 1 radical (unpaired) electrons. The van der Waals surface area contributed by atoms with Gasteiger partial charge in [0, 0.05) is 47.6 Å². The van der Waals surface area contributed by atoms with Crippen LogP contribution in [0, 0.1) is 6.92 Å². The summed E-state index contributed by atoms with van der Waals surface area (Å²) in [6.45, 7) is 13.3. The molecular weight excluding hydrogens is 512 g/mol. The molecule has 185 valence electrons. The molecule has 0 aromatic heterocycles. The second kappa shape index (κ2) is 15.6. The summed E-state index contributed by atoms with van der Waals surface area (Å²) in [4.78, 5) is 3.95. The van der Waals surface area contributed by atoms with Gasteiger partial charge in [-0.05, 0) is 34.6 Å². The van der Waals surface area contributed by atoms with E-state index < -0.39 is 0 Å². The summed E-state index contributed by atoms with van der Waals surface area (Å²) in [5.74, 6) is 0. The van der Waals surface area contributed by atoms with E-state index in [0.717, 1.165) is 42.9 Å². The van der Waals surface area contributed by atoms with Gasteiger partial charge in [-0.15, -0.1) is 10.2 Å². The maximum absolute atomic E-state index is 5.50. The Kier molecular flexibility index (Phi) is 13.6. The zero-order valence-corrected chi connectivity index (χ0v) is 22.9. The fourth-order valence-electron chi connectivity index (χ4n) is 3.09. The van der Waals surface area contributed by atoms with Gasteiger partial charge in [-0.1, -0.05) is 60.2 Å². The molecule has 0 saturated carbocycles. The van der Waals surface area contributed by atoms with E-state index >= 15 is 0 Å². The second-order valence-corrected chi connectivity index (χ2v) is 7.97. The molecule has 2 aromatic carbocycles. The van der Waals surface area contributed by atoms with Gasteiger partial charge in [0.2, 0.25) is 0 Å². The van der Waals surface area contributed by atoms with Crippen LogP contribution in [-0.2, 0) is 42.3 Å². The van der Waals surface area contributed by atoms with E-state index in [9.17, 15) is 0 Å². The minimum Gasteiger partial charge on any atom is -0.741 e. The van der Waals surface area contributed by atoms with Crippen molar-refractivity contribution in [3.63, 3.8) is 0 Å². The molecule has 34 heavy (non-hydrogen) atoms. The zero-order valence-electron chi connectivity index (χ0n) is 20.3. The maximum Gasteiger partial charge on any atom is 2.00 e. The first-order chi connectivity index (χ1) is 15.9. The van der Waals surface area contributed by atoms with Crippen molar-refractivity contribution in [2.75, 3.05) is 26.2 Å². The van der Waals surface area contributed by atoms with Crippen LogP contribution in [0.25, 0.3) is 0 Å². The minimum atomic E-state index is 0. The van der Waals surface area contributed by atoms with Crippen LogP contribution in [0.3, 0.4) is 0 Å². The van der Waals surface area contributed by atoms with Gasteiger partial charge in [0.1, 0.15) is 11.4 Å². The minimum absolute atomic E-state index is 0. The van der Waals surface area contributed by atoms with Gasteiger partial charge in [0.15, 0.2) is 0 Å². The predicted molar refractivity (Wildman–Crippen MR) is 146 cm³/mol. The number of aryl methyl sites for hydroxylation is 1. The SMILES string of the molecule is CCN(CC)C([S-])=NN=C(C(=NN=C([S-])N(CC)CC)c1ccc(C)cc1)c1ccccc1.[Cu+2]. The van der Waals surface area contributed by atoms with Crippen molar-refractivity contribution < 1.29 is 17.1 Å². The summed E-state index contributed by atoms with van der Waals surface area (Å²) in [7, 11) is 0. The van der Waals surface area contributed by atoms with E-state index in [0.29, 0.717) is 21.8 Å². The molecule has 0 spiro atoms. The number of nitrogens with zero attached hydrogens (tertiary/aromatic N) is 6. The third kappa shape index (κ3) is 8.47. The average Bonchev–Trinajstić information content (AvgIpc) is 2.84. The fourth-order valence-corrected chi connectivity index (χ4v) is 3.69. The third-order valence-corrected chi connectivity index (χ3v) is 5.82. The summed E-state index contributed by atoms with van der Waals surface area (Å²) in [6.07, 6.45) is 0. The maximum atomic E-state index is 5.50. The van der Waals surface area contributed by atoms with E-state index in [1.165, 1.54) is 0 Å². The van der Waals surface area contributed by atoms with Gasteiger partial charge >= 0.3 is 17.1 Å². The van der Waals surface area contributed by atoms with Crippen LogP contribution in [0.5, 0.6) is 0 Å². The first-order valence-electron chi connectivity index (χ1n) is 11.2. The van der Waals surface area contributed by atoms with Crippen LogP contribution >= 0.6 is 0 Å². The van der Waals surface area contributed by atoms with Crippen molar-refractivity contribution in [2.45, 2.75) is 34.6 Å². The fraction of sp³-hybridized carbons (Fsp3) is 0.360. The molecule has 2 rings (SSSR count). The quantitative estimate of drug-likeness (QED) is 0.153. The van der Waals surface area contributed by atoms with Crippen molar-refractivity contribution in [1.29, 1.82) is 0 Å². The molecule has 0 heterocycles. The van der Waals surface area contributed by atoms with E-state index in [4.69, 9.17) is 25.3 Å². The number of hydrogen-bond donors (Lipinski definition) is 0. The Hall–Kier alpha value is -2.32. The van der Waals surface area contributed by atoms with E-state index in [1.54, 1.807) is 0 Å². The standard InChI is InChI=1S/C25H34N6S2.Cu/c1-6-30(7-2)24(32)28-26-22(20-13-11-10-12-14-20)23(21-17-15-19(5)16-18-21)27-29-25(33)31(8-3)9-4;/h10-18H,6-9H2,1-5H3,(H,28,32)(H,29,33);/q;+2/p-2. The molecular formula is C25H32CuN6S2. The molecule has 0 unspecified atom stereocenters. The molecule has 0 atom stereocenters. The zero-order chi connectivity index (χ0) is 24.2. The summed E-state index contributed by atoms with van der Waals surface area (Å²) in [6, 6.07) is 17.9. The van der Waals surface area contributed by atoms with Gasteiger partial charge in [0.25, 0.3) is 0 Å². The van der Waals surface area contributed by atoms with Crippen LogP contribution in [0.4, 0.5) is 0 Å². The Balaban J connectivity index is 0.00000578. The van der Waals surface area contributed by atoms with Gasteiger partial charge in [0.05, 0.1) is 0 Å². The van der Waals surface area contributed by atoms with Crippen molar-refractivity contribution in [3.05, 3.63) is 71.3 Å². The summed E-state index contributed by atoms with van der Waals surface area (Å²) < 4.78 is 0. The Morgan fingerprint density at radius 1 is 0.618 bits per heavy atom. The molecule has 9 heteroatoms. The summed E-state index contributed by atoms with van der Waals surface area (Å²) in [5.41, 5.74) is 4.06. The first-order valence-corrected chi connectivity index (χ1v) is 12.0. The van der Waals surface area contributed by atoms with Crippen molar-refractivity contribution in [3.8, 4) is 0 Å². The van der Waals surface area contributed by atoms with Gasteiger partial charge in [-0.25, -0.2) is 0 Å². The Morgan fingerprint density at radius 3 is 1.38 bits per heavy atom. The molecule has 0 aliphatic heterocycles. The van der Waals surface area contributed by atoms with Crippen LogP contribution in [0.2, 0.25) is 0 Å². The predicted octanol–water partition coefficient (Wildman–Crippen LogP) is 4.59. The Morgan fingerprint density at radius 2 is 1.00 bits per heavy atom. The molecule has 0 N–H and O–H groups in total. The van der Waals surface area contributed by atoms with Crippen LogP contribution in [0.1, 0.15) is 44.4 Å². The van der Waals surface area contributed by atoms with Crippen LogP contribution in [-0.4, -0.2) is 57.7 Å². The van der Waals surface area contributed by atoms with Gasteiger partial charge in [-0.3, -0.25) is 0 Å². The third-order valence-electron chi connectivity index (χ3n) is 5.14. The molecule has 0 bridgehead atoms. The normalized spacial score (nSPS) is 12.9. The topological polar surface area (TPSA) is 55.9 Å². The molecule has 0 fully saturated rings. The number of benzene rings is 2. The monoisotopic (exact) mass is 543 g/mol. The Bertz CT molecular complexity index is 996. The first kappa shape index (κ1) is 29.7.